The maximum absolute atomic E-state index is 5.98. The molecule has 2 aliphatic heterocycles. The minimum absolute atomic E-state index is 0.0743. The highest BCUT2D eigenvalue weighted by atomic mass is 16.5. The predicted molar refractivity (Wildman–Crippen MR) is 68.0 cm³/mol. The molecule has 2 rings (SSSR count). The fraction of sp³-hybridized carbons (Fsp3) is 1.00. The molecule has 17 heavy (non-hydrogen) atoms. The van der Waals surface area contributed by atoms with Crippen LogP contribution in [0.3, 0.4) is 0 Å². The zero-order chi connectivity index (χ0) is 12.1. The Kier molecular flexibility index (Phi) is 4.79. The number of nitrogens with one attached hydrogen (secondary N) is 1. The molecule has 2 aliphatic rings. The van der Waals surface area contributed by atoms with Crippen molar-refractivity contribution < 1.29 is 9.47 Å². The van der Waals surface area contributed by atoms with E-state index in [1.54, 1.807) is 0 Å². The van der Waals surface area contributed by atoms with Gasteiger partial charge in [-0.2, -0.15) is 0 Å². The standard InChI is InChI=1S/C13H26N2O2/c1-2-11-8-13(10-14,5-7-17-11)15-9-12-4-3-6-16-12/h11-12,15H,2-10,14H2,1H3. The van der Waals surface area contributed by atoms with Crippen LogP contribution in [0.4, 0.5) is 0 Å². The Labute approximate surface area is 104 Å². The van der Waals surface area contributed by atoms with E-state index >= 15 is 0 Å². The molecule has 3 N–H and O–H groups in total. The summed E-state index contributed by atoms with van der Waals surface area (Å²) in [6, 6.07) is 0. The summed E-state index contributed by atoms with van der Waals surface area (Å²) in [7, 11) is 0. The highest BCUT2D eigenvalue weighted by molar-refractivity contribution is 4.94. The van der Waals surface area contributed by atoms with E-state index in [0.29, 0.717) is 18.8 Å². The van der Waals surface area contributed by atoms with E-state index in [2.05, 4.69) is 12.2 Å². The monoisotopic (exact) mass is 242 g/mol. The van der Waals surface area contributed by atoms with Crippen LogP contribution in [0.2, 0.25) is 0 Å². The summed E-state index contributed by atoms with van der Waals surface area (Å²) in [6.07, 6.45) is 6.26. The van der Waals surface area contributed by atoms with Crippen LogP contribution < -0.4 is 11.1 Å². The van der Waals surface area contributed by atoms with Gasteiger partial charge < -0.3 is 20.5 Å². The molecule has 0 aromatic rings. The van der Waals surface area contributed by atoms with Crippen molar-refractivity contribution in [1.82, 2.24) is 5.32 Å². The second-order valence-electron chi connectivity index (χ2n) is 5.36. The molecule has 0 aromatic heterocycles. The van der Waals surface area contributed by atoms with E-state index < -0.39 is 0 Å². The van der Waals surface area contributed by atoms with Crippen LogP contribution in [0.1, 0.15) is 39.0 Å². The zero-order valence-corrected chi connectivity index (χ0v) is 10.9. The van der Waals surface area contributed by atoms with Gasteiger partial charge in [0.2, 0.25) is 0 Å². The van der Waals surface area contributed by atoms with Crippen molar-refractivity contribution in [3.05, 3.63) is 0 Å². The van der Waals surface area contributed by atoms with Gasteiger partial charge in [0.25, 0.3) is 0 Å². The minimum atomic E-state index is 0.0743. The molecule has 0 aromatic carbocycles. The van der Waals surface area contributed by atoms with Gasteiger partial charge in [0, 0.05) is 31.8 Å². The van der Waals surface area contributed by atoms with E-state index in [9.17, 15) is 0 Å². The molecule has 2 fully saturated rings. The minimum Gasteiger partial charge on any atom is -0.378 e. The maximum Gasteiger partial charge on any atom is 0.0700 e. The first-order chi connectivity index (χ1) is 8.28. The first kappa shape index (κ1) is 13.3. The molecule has 100 valence electrons. The zero-order valence-electron chi connectivity index (χ0n) is 10.9. The number of ether oxygens (including phenoxy) is 2. The summed E-state index contributed by atoms with van der Waals surface area (Å²) in [5.74, 6) is 0. The maximum atomic E-state index is 5.98. The van der Waals surface area contributed by atoms with Crippen molar-refractivity contribution in [2.45, 2.75) is 56.8 Å². The lowest BCUT2D eigenvalue weighted by Crippen LogP contribution is -2.58. The molecule has 0 aliphatic carbocycles. The molecule has 0 saturated carbocycles. The highest BCUT2D eigenvalue weighted by Crippen LogP contribution is 2.26. The number of nitrogens with two attached hydrogens (primary N) is 1. The third-order valence-corrected chi connectivity index (χ3v) is 4.13. The van der Waals surface area contributed by atoms with E-state index in [4.69, 9.17) is 15.2 Å². The van der Waals surface area contributed by atoms with Crippen molar-refractivity contribution in [2.24, 2.45) is 5.73 Å². The summed E-state index contributed by atoms with van der Waals surface area (Å²) >= 11 is 0. The highest BCUT2D eigenvalue weighted by Gasteiger charge is 2.35. The molecule has 0 amide bonds. The topological polar surface area (TPSA) is 56.5 Å². The van der Waals surface area contributed by atoms with Crippen molar-refractivity contribution >= 4 is 0 Å². The predicted octanol–water partition coefficient (Wildman–Crippen LogP) is 1.04. The molecule has 3 unspecified atom stereocenters. The second-order valence-corrected chi connectivity index (χ2v) is 5.36. The average molecular weight is 242 g/mol. The molecular weight excluding hydrogens is 216 g/mol. The Morgan fingerprint density at radius 3 is 2.76 bits per heavy atom. The number of rotatable bonds is 5. The summed E-state index contributed by atoms with van der Waals surface area (Å²) in [5.41, 5.74) is 6.06. The average Bonchev–Trinajstić information content (AvgIpc) is 2.90. The summed E-state index contributed by atoms with van der Waals surface area (Å²) in [4.78, 5) is 0. The van der Waals surface area contributed by atoms with E-state index in [-0.39, 0.29) is 5.54 Å². The molecule has 4 nitrogen and oxygen atoms in total. The van der Waals surface area contributed by atoms with Crippen LogP contribution in [0, 0.1) is 0 Å². The van der Waals surface area contributed by atoms with Crippen molar-refractivity contribution in [3.63, 3.8) is 0 Å². The van der Waals surface area contributed by atoms with Crippen LogP contribution in [0.5, 0.6) is 0 Å². The third-order valence-electron chi connectivity index (χ3n) is 4.13. The largest absolute Gasteiger partial charge is 0.378 e. The van der Waals surface area contributed by atoms with Gasteiger partial charge in [-0.25, -0.2) is 0 Å². The Morgan fingerprint density at radius 2 is 2.12 bits per heavy atom. The van der Waals surface area contributed by atoms with Crippen molar-refractivity contribution in [3.8, 4) is 0 Å². The summed E-state index contributed by atoms with van der Waals surface area (Å²) in [6.45, 7) is 5.56. The molecule has 0 radical (unpaired) electrons. The van der Waals surface area contributed by atoms with Crippen LogP contribution in [0.15, 0.2) is 0 Å². The Balaban J connectivity index is 1.84. The van der Waals surface area contributed by atoms with Gasteiger partial charge in [0.1, 0.15) is 0 Å². The Bertz CT molecular complexity index is 231. The lowest BCUT2D eigenvalue weighted by Gasteiger charge is -2.41. The quantitative estimate of drug-likeness (QED) is 0.756. The summed E-state index contributed by atoms with van der Waals surface area (Å²) < 4.78 is 11.4. The number of hydrogen-bond acceptors (Lipinski definition) is 4. The molecule has 2 saturated heterocycles. The van der Waals surface area contributed by atoms with Crippen LogP contribution in [-0.4, -0.2) is 44.1 Å². The molecule has 0 bridgehead atoms. The van der Waals surface area contributed by atoms with Crippen molar-refractivity contribution in [1.29, 1.82) is 0 Å². The molecule has 3 atom stereocenters. The first-order valence-corrected chi connectivity index (χ1v) is 6.96. The van der Waals surface area contributed by atoms with E-state index in [1.807, 2.05) is 0 Å². The van der Waals surface area contributed by atoms with Gasteiger partial charge >= 0.3 is 0 Å². The fourth-order valence-electron chi connectivity index (χ4n) is 2.83. The van der Waals surface area contributed by atoms with Gasteiger partial charge in [-0.05, 0) is 32.1 Å². The summed E-state index contributed by atoms with van der Waals surface area (Å²) in [5, 5.41) is 3.66. The van der Waals surface area contributed by atoms with E-state index in [1.165, 1.54) is 12.8 Å². The van der Waals surface area contributed by atoms with Crippen LogP contribution in [0.25, 0.3) is 0 Å². The Morgan fingerprint density at radius 1 is 1.29 bits per heavy atom. The molecule has 4 heteroatoms. The lowest BCUT2D eigenvalue weighted by molar-refractivity contribution is -0.0313. The molecular formula is C13H26N2O2. The van der Waals surface area contributed by atoms with Gasteiger partial charge in [-0.15, -0.1) is 0 Å². The normalized spacial score (nSPS) is 38.5. The first-order valence-electron chi connectivity index (χ1n) is 6.96. The van der Waals surface area contributed by atoms with Gasteiger partial charge in [-0.3, -0.25) is 0 Å². The smallest absolute Gasteiger partial charge is 0.0700 e. The third kappa shape index (κ3) is 3.41. The SMILES string of the molecule is CCC1CC(CN)(NCC2CCCO2)CCO1. The van der Waals surface area contributed by atoms with Crippen LogP contribution >= 0.6 is 0 Å². The Hall–Kier alpha value is -0.160. The van der Waals surface area contributed by atoms with Crippen LogP contribution in [-0.2, 0) is 9.47 Å². The van der Waals surface area contributed by atoms with Gasteiger partial charge in [0.15, 0.2) is 0 Å². The van der Waals surface area contributed by atoms with E-state index in [0.717, 1.165) is 39.0 Å². The van der Waals surface area contributed by atoms with Gasteiger partial charge in [0.05, 0.1) is 12.2 Å². The number of hydrogen-bond donors (Lipinski definition) is 2. The van der Waals surface area contributed by atoms with Gasteiger partial charge in [-0.1, -0.05) is 6.92 Å². The van der Waals surface area contributed by atoms with Crippen molar-refractivity contribution in [2.75, 3.05) is 26.3 Å². The molecule has 0 spiro atoms. The fourth-order valence-corrected chi connectivity index (χ4v) is 2.83. The molecule has 2 heterocycles. The lowest BCUT2D eigenvalue weighted by atomic mass is 9.85. The second kappa shape index (κ2) is 6.14.